The average molecular weight is 435 g/mol. The van der Waals surface area contributed by atoms with E-state index < -0.39 is 5.97 Å². The minimum absolute atomic E-state index is 0.169. The van der Waals surface area contributed by atoms with Gasteiger partial charge in [0.1, 0.15) is 11.8 Å². The van der Waals surface area contributed by atoms with Crippen LogP contribution in [0.5, 0.6) is 0 Å². The van der Waals surface area contributed by atoms with Gasteiger partial charge in [-0.1, -0.05) is 0 Å². The number of furan rings is 1. The molecule has 3 aromatic heterocycles. The lowest BCUT2D eigenvalue weighted by molar-refractivity contribution is 0.0524. The lowest BCUT2D eigenvalue weighted by Gasteiger charge is -2.34. The molecule has 0 bridgehead atoms. The lowest BCUT2D eigenvalue weighted by Crippen LogP contribution is -2.49. The Morgan fingerprint density at radius 1 is 1.19 bits per heavy atom. The van der Waals surface area contributed by atoms with E-state index in [0.29, 0.717) is 49.1 Å². The zero-order valence-corrected chi connectivity index (χ0v) is 17.7. The molecule has 0 N–H and O–H groups in total. The maximum Gasteiger partial charge on any atom is 0.339 e. The van der Waals surface area contributed by atoms with Gasteiger partial charge in [0.25, 0.3) is 11.8 Å². The van der Waals surface area contributed by atoms with Crippen molar-refractivity contribution >= 4 is 17.8 Å². The van der Waals surface area contributed by atoms with E-state index in [2.05, 4.69) is 9.97 Å². The first-order valence-electron chi connectivity index (χ1n) is 10.2. The number of anilines is 1. The molecule has 0 unspecified atom stereocenters. The largest absolute Gasteiger partial charge is 0.462 e. The van der Waals surface area contributed by atoms with Crippen molar-refractivity contribution in [2.75, 3.05) is 37.7 Å². The summed E-state index contributed by atoms with van der Waals surface area (Å²) in [6.07, 6.45) is 1.50. The number of aromatic nitrogens is 2. The summed E-state index contributed by atoms with van der Waals surface area (Å²) in [6.45, 7) is 5.44. The summed E-state index contributed by atoms with van der Waals surface area (Å²) in [5, 5.41) is 9.43. The van der Waals surface area contributed by atoms with Gasteiger partial charge in [0.15, 0.2) is 5.76 Å². The highest BCUT2D eigenvalue weighted by atomic mass is 16.5. The molecular formula is C22H21N5O5. The first kappa shape index (κ1) is 21.1. The van der Waals surface area contributed by atoms with Crippen LogP contribution in [0.15, 0.2) is 39.4 Å². The Bertz CT molecular complexity index is 1170. The fraction of sp³-hybridized carbons (Fsp3) is 0.318. The Morgan fingerprint density at radius 2 is 1.97 bits per heavy atom. The molecule has 1 aliphatic rings. The van der Waals surface area contributed by atoms with E-state index in [1.54, 1.807) is 36.9 Å². The number of ether oxygens (including phenoxy) is 1. The number of carbonyl (C=O) groups excluding carboxylic acids is 2. The van der Waals surface area contributed by atoms with Gasteiger partial charge in [-0.2, -0.15) is 10.2 Å². The molecule has 10 heteroatoms. The van der Waals surface area contributed by atoms with Gasteiger partial charge in [0, 0.05) is 26.2 Å². The smallest absolute Gasteiger partial charge is 0.339 e. The van der Waals surface area contributed by atoms with Gasteiger partial charge in [-0.25, -0.2) is 9.78 Å². The van der Waals surface area contributed by atoms with Gasteiger partial charge in [-0.05, 0) is 38.1 Å². The molecule has 1 amide bonds. The Hall–Kier alpha value is -4.13. The number of nitriles is 1. The van der Waals surface area contributed by atoms with Crippen molar-refractivity contribution in [3.8, 4) is 17.7 Å². The van der Waals surface area contributed by atoms with Crippen LogP contribution in [0.3, 0.4) is 0 Å². The molecule has 1 aliphatic heterocycles. The SMILES string of the molecule is CCOC(=O)c1ccc(C(=O)N2CCN(c3oc(-c4ccco4)nc3C#N)CC2)nc1C. The van der Waals surface area contributed by atoms with Crippen LogP contribution in [-0.2, 0) is 4.74 Å². The topological polar surface area (TPSA) is 126 Å². The number of hydrogen-bond donors (Lipinski definition) is 0. The number of pyridine rings is 1. The first-order chi connectivity index (χ1) is 15.5. The molecule has 0 aliphatic carbocycles. The molecule has 0 spiro atoms. The first-order valence-corrected chi connectivity index (χ1v) is 10.2. The average Bonchev–Trinajstić information content (AvgIpc) is 3.48. The second kappa shape index (κ2) is 8.93. The fourth-order valence-electron chi connectivity index (χ4n) is 3.48. The summed E-state index contributed by atoms with van der Waals surface area (Å²) in [7, 11) is 0. The number of carbonyl (C=O) groups is 2. The number of nitrogens with zero attached hydrogens (tertiary/aromatic N) is 5. The molecular weight excluding hydrogens is 414 g/mol. The molecule has 10 nitrogen and oxygen atoms in total. The van der Waals surface area contributed by atoms with E-state index in [9.17, 15) is 14.9 Å². The van der Waals surface area contributed by atoms with Crippen molar-refractivity contribution in [2.24, 2.45) is 0 Å². The van der Waals surface area contributed by atoms with Crippen molar-refractivity contribution in [3.05, 3.63) is 53.2 Å². The highest BCUT2D eigenvalue weighted by Crippen LogP contribution is 2.29. The van der Waals surface area contributed by atoms with Crippen molar-refractivity contribution in [1.29, 1.82) is 5.26 Å². The van der Waals surface area contributed by atoms with Gasteiger partial charge >= 0.3 is 5.97 Å². The Morgan fingerprint density at radius 3 is 2.59 bits per heavy atom. The van der Waals surface area contributed by atoms with Crippen LogP contribution in [-0.4, -0.2) is 59.5 Å². The standard InChI is InChI=1S/C22H21N5O5/c1-3-30-22(29)15-6-7-16(24-14(15)2)20(28)26-8-10-27(11-9-26)21-17(13-23)25-19(32-21)18-5-4-12-31-18/h4-7,12H,3,8-11H2,1-2H3. The summed E-state index contributed by atoms with van der Waals surface area (Å²) in [4.78, 5) is 36.9. The molecule has 0 atom stereocenters. The minimum atomic E-state index is -0.459. The van der Waals surface area contributed by atoms with E-state index in [-0.39, 0.29) is 29.8 Å². The number of esters is 1. The highest BCUT2D eigenvalue weighted by Gasteiger charge is 2.28. The highest BCUT2D eigenvalue weighted by molar-refractivity contribution is 5.95. The van der Waals surface area contributed by atoms with E-state index in [1.165, 1.54) is 12.3 Å². The van der Waals surface area contributed by atoms with Crippen LogP contribution < -0.4 is 4.90 Å². The molecule has 4 heterocycles. The predicted molar refractivity (Wildman–Crippen MR) is 112 cm³/mol. The summed E-state index contributed by atoms with van der Waals surface area (Å²) >= 11 is 0. The van der Waals surface area contributed by atoms with E-state index in [0.717, 1.165) is 0 Å². The molecule has 0 radical (unpaired) electrons. The van der Waals surface area contributed by atoms with Gasteiger partial charge < -0.3 is 23.4 Å². The molecule has 0 aromatic carbocycles. The maximum absolute atomic E-state index is 12.9. The van der Waals surface area contributed by atoms with E-state index >= 15 is 0 Å². The number of amides is 1. The molecule has 1 saturated heterocycles. The summed E-state index contributed by atoms with van der Waals surface area (Å²) in [5.41, 5.74) is 1.22. The Labute approximate surface area is 184 Å². The van der Waals surface area contributed by atoms with Crippen LogP contribution in [0.2, 0.25) is 0 Å². The summed E-state index contributed by atoms with van der Waals surface area (Å²) < 4.78 is 16.1. The van der Waals surface area contributed by atoms with Crippen molar-refractivity contribution in [1.82, 2.24) is 14.9 Å². The predicted octanol–water partition coefficient (Wildman–Crippen LogP) is 2.65. The van der Waals surface area contributed by atoms with Gasteiger partial charge in [0.2, 0.25) is 11.6 Å². The zero-order chi connectivity index (χ0) is 22.7. The normalized spacial score (nSPS) is 13.7. The van der Waals surface area contributed by atoms with Crippen LogP contribution in [0, 0.1) is 18.3 Å². The van der Waals surface area contributed by atoms with E-state index in [4.69, 9.17) is 13.6 Å². The van der Waals surface area contributed by atoms with Crippen molar-refractivity contribution < 1.29 is 23.2 Å². The molecule has 3 aromatic rings. The summed E-state index contributed by atoms with van der Waals surface area (Å²) in [5.74, 6) is 0.353. The third-order valence-corrected chi connectivity index (χ3v) is 5.10. The third-order valence-electron chi connectivity index (χ3n) is 5.10. The number of hydrogen-bond acceptors (Lipinski definition) is 9. The van der Waals surface area contributed by atoms with E-state index in [1.807, 2.05) is 11.0 Å². The fourth-order valence-corrected chi connectivity index (χ4v) is 3.48. The monoisotopic (exact) mass is 435 g/mol. The Kier molecular flexibility index (Phi) is 5.89. The minimum Gasteiger partial charge on any atom is -0.462 e. The van der Waals surface area contributed by atoms with Gasteiger partial charge in [-0.3, -0.25) is 4.79 Å². The maximum atomic E-state index is 12.9. The van der Waals surface area contributed by atoms with Gasteiger partial charge in [0.05, 0.1) is 24.1 Å². The second-order valence-electron chi connectivity index (χ2n) is 7.09. The van der Waals surface area contributed by atoms with Crippen LogP contribution in [0.1, 0.15) is 39.2 Å². The molecule has 1 fully saturated rings. The molecule has 0 saturated carbocycles. The number of oxazole rings is 1. The second-order valence-corrected chi connectivity index (χ2v) is 7.09. The molecule has 164 valence electrons. The number of piperazine rings is 1. The van der Waals surface area contributed by atoms with Crippen LogP contribution in [0.4, 0.5) is 5.88 Å². The van der Waals surface area contributed by atoms with Crippen molar-refractivity contribution in [3.63, 3.8) is 0 Å². The lowest BCUT2D eigenvalue weighted by atomic mass is 10.1. The molecule has 4 rings (SSSR count). The number of aryl methyl sites for hydroxylation is 1. The van der Waals surface area contributed by atoms with Crippen LogP contribution in [0.25, 0.3) is 11.7 Å². The number of rotatable bonds is 5. The third kappa shape index (κ3) is 4.05. The molecule has 32 heavy (non-hydrogen) atoms. The van der Waals surface area contributed by atoms with Crippen LogP contribution >= 0.6 is 0 Å². The van der Waals surface area contributed by atoms with Crippen molar-refractivity contribution in [2.45, 2.75) is 13.8 Å². The van der Waals surface area contributed by atoms with Gasteiger partial charge in [-0.15, -0.1) is 0 Å². The summed E-state index contributed by atoms with van der Waals surface area (Å²) in [6, 6.07) is 8.56. The quantitative estimate of drug-likeness (QED) is 0.556. The zero-order valence-electron chi connectivity index (χ0n) is 17.7. The Balaban J connectivity index is 1.44.